The van der Waals surface area contributed by atoms with Crippen LogP contribution in [0, 0.1) is 19.8 Å². The second-order valence-corrected chi connectivity index (χ2v) is 6.66. The van der Waals surface area contributed by atoms with Gasteiger partial charge >= 0.3 is 0 Å². The molecule has 4 nitrogen and oxygen atoms in total. The lowest BCUT2D eigenvalue weighted by Crippen LogP contribution is -2.53. The lowest BCUT2D eigenvalue weighted by molar-refractivity contribution is -0.0614. The summed E-state index contributed by atoms with van der Waals surface area (Å²) in [5, 5.41) is 19.6. The first kappa shape index (κ1) is 14.1. The smallest absolute Gasteiger partial charge is 0.155 e. The SMILES string of the molecule is Cc1c(Cl)nnc(N2CCC3(O)CCCCC3C2)c1C. The summed E-state index contributed by atoms with van der Waals surface area (Å²) in [5.74, 6) is 1.29. The van der Waals surface area contributed by atoms with Crippen molar-refractivity contribution in [3.63, 3.8) is 0 Å². The van der Waals surface area contributed by atoms with E-state index in [1.54, 1.807) is 0 Å². The molecule has 2 atom stereocenters. The fraction of sp³-hybridized carbons (Fsp3) is 0.733. The van der Waals surface area contributed by atoms with Crippen molar-refractivity contribution in [3.05, 3.63) is 16.3 Å². The van der Waals surface area contributed by atoms with Crippen LogP contribution in [0.3, 0.4) is 0 Å². The summed E-state index contributed by atoms with van der Waals surface area (Å²) < 4.78 is 0. The molecule has 1 N–H and O–H groups in total. The molecule has 0 radical (unpaired) electrons. The summed E-state index contributed by atoms with van der Waals surface area (Å²) in [5.41, 5.74) is 1.66. The molecule has 1 aromatic heterocycles. The minimum Gasteiger partial charge on any atom is -0.389 e. The Morgan fingerprint density at radius 1 is 1.20 bits per heavy atom. The molecule has 2 fully saturated rings. The average Bonchev–Trinajstić information content (AvgIpc) is 2.44. The zero-order valence-electron chi connectivity index (χ0n) is 12.2. The van der Waals surface area contributed by atoms with E-state index in [4.69, 9.17) is 11.6 Å². The van der Waals surface area contributed by atoms with Gasteiger partial charge in [-0.3, -0.25) is 0 Å². The van der Waals surface area contributed by atoms with Gasteiger partial charge in [-0.05, 0) is 44.2 Å². The number of rotatable bonds is 1. The molecule has 3 rings (SSSR count). The summed E-state index contributed by atoms with van der Waals surface area (Å²) in [4.78, 5) is 2.27. The topological polar surface area (TPSA) is 49.2 Å². The molecule has 1 aliphatic carbocycles. The van der Waals surface area contributed by atoms with Crippen LogP contribution >= 0.6 is 11.6 Å². The Labute approximate surface area is 125 Å². The minimum atomic E-state index is -0.447. The third-order valence-electron chi connectivity index (χ3n) is 5.17. The quantitative estimate of drug-likeness (QED) is 0.865. The Morgan fingerprint density at radius 3 is 2.80 bits per heavy atom. The molecule has 20 heavy (non-hydrogen) atoms. The molecule has 1 aliphatic heterocycles. The molecule has 0 aromatic carbocycles. The Kier molecular flexibility index (Phi) is 3.63. The zero-order valence-corrected chi connectivity index (χ0v) is 12.9. The Bertz CT molecular complexity index is 522. The highest BCUT2D eigenvalue weighted by molar-refractivity contribution is 6.30. The molecule has 2 heterocycles. The van der Waals surface area contributed by atoms with Crippen molar-refractivity contribution < 1.29 is 5.11 Å². The van der Waals surface area contributed by atoms with Crippen LogP contribution in [0.5, 0.6) is 0 Å². The highest BCUT2D eigenvalue weighted by atomic mass is 35.5. The van der Waals surface area contributed by atoms with Crippen molar-refractivity contribution >= 4 is 17.4 Å². The molecule has 0 amide bonds. The number of anilines is 1. The van der Waals surface area contributed by atoms with E-state index in [9.17, 15) is 5.11 Å². The van der Waals surface area contributed by atoms with Gasteiger partial charge in [-0.2, -0.15) is 0 Å². The molecule has 2 aliphatic rings. The van der Waals surface area contributed by atoms with Crippen molar-refractivity contribution in [2.45, 2.75) is 51.6 Å². The van der Waals surface area contributed by atoms with E-state index < -0.39 is 5.60 Å². The molecule has 1 saturated heterocycles. The van der Waals surface area contributed by atoms with Crippen LogP contribution in [0.4, 0.5) is 5.82 Å². The maximum absolute atomic E-state index is 10.7. The van der Waals surface area contributed by atoms with Gasteiger partial charge in [0.1, 0.15) is 0 Å². The monoisotopic (exact) mass is 295 g/mol. The van der Waals surface area contributed by atoms with Crippen molar-refractivity contribution in [1.29, 1.82) is 0 Å². The fourth-order valence-electron chi connectivity index (χ4n) is 3.63. The second-order valence-electron chi connectivity index (χ2n) is 6.31. The zero-order chi connectivity index (χ0) is 14.3. The predicted molar refractivity (Wildman–Crippen MR) is 80.3 cm³/mol. The fourth-order valence-corrected chi connectivity index (χ4v) is 3.81. The minimum absolute atomic E-state index is 0.363. The maximum Gasteiger partial charge on any atom is 0.155 e. The molecule has 0 spiro atoms. The van der Waals surface area contributed by atoms with Gasteiger partial charge in [0, 0.05) is 19.0 Å². The summed E-state index contributed by atoms with van der Waals surface area (Å²) in [7, 11) is 0. The van der Waals surface area contributed by atoms with Crippen LogP contribution < -0.4 is 4.90 Å². The van der Waals surface area contributed by atoms with Crippen LogP contribution in [0.2, 0.25) is 5.15 Å². The van der Waals surface area contributed by atoms with E-state index in [-0.39, 0.29) is 0 Å². The highest BCUT2D eigenvalue weighted by Gasteiger charge is 2.43. The van der Waals surface area contributed by atoms with Gasteiger partial charge in [-0.15, -0.1) is 10.2 Å². The normalized spacial score (nSPS) is 30.2. The lowest BCUT2D eigenvalue weighted by Gasteiger charge is -2.47. The molecule has 2 unspecified atom stereocenters. The summed E-state index contributed by atoms with van der Waals surface area (Å²) in [6.07, 6.45) is 5.29. The van der Waals surface area contributed by atoms with Gasteiger partial charge in [0.15, 0.2) is 11.0 Å². The molecular formula is C15H22ClN3O. The highest BCUT2D eigenvalue weighted by Crippen LogP contribution is 2.41. The van der Waals surface area contributed by atoms with Crippen LogP contribution in [0.25, 0.3) is 0 Å². The Balaban J connectivity index is 1.85. The first-order valence-corrected chi connectivity index (χ1v) is 7.86. The number of fused-ring (bicyclic) bond motifs is 1. The summed E-state index contributed by atoms with van der Waals surface area (Å²) in [6.45, 7) is 5.76. The van der Waals surface area contributed by atoms with Gasteiger partial charge in [-0.25, -0.2) is 0 Å². The van der Waals surface area contributed by atoms with Gasteiger partial charge in [0.25, 0.3) is 0 Å². The third-order valence-corrected chi connectivity index (χ3v) is 5.53. The van der Waals surface area contributed by atoms with Crippen molar-refractivity contribution in [2.24, 2.45) is 5.92 Å². The van der Waals surface area contributed by atoms with Crippen molar-refractivity contribution in [1.82, 2.24) is 10.2 Å². The number of halogens is 1. The van der Waals surface area contributed by atoms with E-state index in [0.29, 0.717) is 11.1 Å². The third kappa shape index (κ3) is 2.29. The summed E-state index contributed by atoms with van der Waals surface area (Å²) in [6, 6.07) is 0. The molecule has 110 valence electrons. The van der Waals surface area contributed by atoms with Gasteiger partial charge in [0.05, 0.1) is 5.60 Å². The van der Waals surface area contributed by atoms with Gasteiger partial charge in [0.2, 0.25) is 0 Å². The number of aliphatic hydroxyl groups is 1. The van der Waals surface area contributed by atoms with Crippen LogP contribution in [0.1, 0.15) is 43.2 Å². The van der Waals surface area contributed by atoms with Gasteiger partial charge in [-0.1, -0.05) is 24.4 Å². The van der Waals surface area contributed by atoms with E-state index in [1.165, 1.54) is 6.42 Å². The Hall–Kier alpha value is -0.870. The molecule has 1 aromatic rings. The Morgan fingerprint density at radius 2 is 2.00 bits per heavy atom. The van der Waals surface area contributed by atoms with Crippen molar-refractivity contribution in [2.75, 3.05) is 18.0 Å². The van der Waals surface area contributed by atoms with Crippen LogP contribution in [-0.2, 0) is 0 Å². The summed E-state index contributed by atoms with van der Waals surface area (Å²) >= 11 is 6.03. The van der Waals surface area contributed by atoms with E-state index in [1.807, 2.05) is 13.8 Å². The molecule has 1 saturated carbocycles. The first-order chi connectivity index (χ1) is 9.51. The number of piperidine rings is 1. The first-order valence-electron chi connectivity index (χ1n) is 7.48. The largest absolute Gasteiger partial charge is 0.389 e. The van der Waals surface area contributed by atoms with E-state index >= 15 is 0 Å². The number of hydrogen-bond acceptors (Lipinski definition) is 4. The predicted octanol–water partition coefficient (Wildman–Crippen LogP) is 2.88. The van der Waals surface area contributed by atoms with Gasteiger partial charge < -0.3 is 10.0 Å². The maximum atomic E-state index is 10.7. The standard InChI is InChI=1S/C15H22ClN3O/c1-10-11(2)14(18-17-13(10)16)19-8-7-15(20)6-4-3-5-12(15)9-19/h12,20H,3-9H2,1-2H3. The number of nitrogens with zero attached hydrogens (tertiary/aromatic N) is 3. The number of aromatic nitrogens is 2. The lowest BCUT2D eigenvalue weighted by atomic mass is 9.71. The average molecular weight is 296 g/mol. The van der Waals surface area contributed by atoms with E-state index in [0.717, 1.165) is 55.7 Å². The molecule has 0 bridgehead atoms. The van der Waals surface area contributed by atoms with Crippen LogP contribution in [-0.4, -0.2) is 34.0 Å². The number of hydrogen-bond donors (Lipinski definition) is 1. The molecule has 5 heteroatoms. The van der Waals surface area contributed by atoms with E-state index in [2.05, 4.69) is 15.1 Å². The van der Waals surface area contributed by atoms with Crippen LogP contribution in [0.15, 0.2) is 0 Å². The second kappa shape index (κ2) is 5.15. The molecular weight excluding hydrogens is 274 g/mol. The van der Waals surface area contributed by atoms with Crippen molar-refractivity contribution in [3.8, 4) is 0 Å².